The predicted octanol–water partition coefficient (Wildman–Crippen LogP) is 0.936. The molecule has 2 rings (SSSR count). The second-order valence-electron chi connectivity index (χ2n) is 4.35. The maximum atomic E-state index is 5.46. The van der Waals surface area contributed by atoms with Crippen LogP contribution in [0.2, 0.25) is 0 Å². The Kier molecular flexibility index (Phi) is 4.83. The number of hydrogen-bond acceptors (Lipinski definition) is 7. The van der Waals surface area contributed by atoms with Gasteiger partial charge in [0.25, 0.3) is 0 Å². The van der Waals surface area contributed by atoms with E-state index in [0.29, 0.717) is 31.0 Å². The highest BCUT2D eigenvalue weighted by Gasteiger charge is 2.06. The van der Waals surface area contributed by atoms with Crippen LogP contribution >= 0.6 is 0 Å². The van der Waals surface area contributed by atoms with Gasteiger partial charge in [0.15, 0.2) is 0 Å². The highest BCUT2D eigenvalue weighted by atomic mass is 16.5. The normalized spacial score (nSPS) is 10.8. The van der Waals surface area contributed by atoms with Gasteiger partial charge in [-0.05, 0) is 13.8 Å². The molecular weight excluding hydrogens is 258 g/mol. The van der Waals surface area contributed by atoms with Crippen LogP contribution in [0, 0.1) is 0 Å². The van der Waals surface area contributed by atoms with Gasteiger partial charge in [-0.3, -0.25) is 4.57 Å². The molecule has 0 amide bonds. The predicted molar refractivity (Wildman–Crippen MR) is 76.1 cm³/mol. The summed E-state index contributed by atoms with van der Waals surface area (Å²) >= 11 is 0. The molecule has 0 aliphatic rings. The van der Waals surface area contributed by atoms with Crippen LogP contribution in [0.25, 0.3) is 5.95 Å². The van der Waals surface area contributed by atoms with Crippen molar-refractivity contribution in [3.63, 3.8) is 0 Å². The maximum Gasteiger partial charge on any atom is 0.241 e. The van der Waals surface area contributed by atoms with E-state index in [1.165, 1.54) is 0 Å². The van der Waals surface area contributed by atoms with E-state index in [-0.39, 0.29) is 6.10 Å². The Balaban J connectivity index is 2.06. The van der Waals surface area contributed by atoms with Crippen LogP contribution in [0.3, 0.4) is 0 Å². The molecule has 0 spiro atoms. The molecule has 8 nitrogen and oxygen atoms in total. The lowest BCUT2D eigenvalue weighted by Crippen LogP contribution is -2.16. The zero-order chi connectivity index (χ0) is 14.4. The molecule has 0 saturated heterocycles. The Bertz CT molecular complexity index is 527. The molecule has 20 heavy (non-hydrogen) atoms. The molecule has 0 atom stereocenters. The van der Waals surface area contributed by atoms with Gasteiger partial charge in [0, 0.05) is 26.0 Å². The Morgan fingerprint density at radius 3 is 2.70 bits per heavy atom. The van der Waals surface area contributed by atoms with E-state index < -0.39 is 0 Å². The summed E-state index contributed by atoms with van der Waals surface area (Å²) < 4.78 is 7.18. The van der Waals surface area contributed by atoms with Crippen molar-refractivity contribution in [2.75, 3.05) is 30.8 Å². The van der Waals surface area contributed by atoms with Crippen molar-refractivity contribution in [1.29, 1.82) is 0 Å². The topological polar surface area (TPSA) is 89.8 Å². The van der Waals surface area contributed by atoms with Crippen LogP contribution in [0.4, 0.5) is 11.9 Å². The van der Waals surface area contributed by atoms with Crippen LogP contribution in [0.15, 0.2) is 18.7 Å². The van der Waals surface area contributed by atoms with E-state index in [9.17, 15) is 0 Å². The average molecular weight is 277 g/mol. The molecule has 0 aromatic carbocycles. The number of aromatic nitrogens is 5. The first-order valence-corrected chi connectivity index (χ1v) is 6.46. The molecule has 2 aromatic heterocycles. The summed E-state index contributed by atoms with van der Waals surface area (Å²) in [6, 6.07) is 0. The summed E-state index contributed by atoms with van der Waals surface area (Å²) in [5, 5.41) is 6.03. The molecule has 2 heterocycles. The Morgan fingerprint density at radius 2 is 2.05 bits per heavy atom. The van der Waals surface area contributed by atoms with Crippen molar-refractivity contribution in [1.82, 2.24) is 24.5 Å². The fourth-order valence-electron chi connectivity index (χ4n) is 1.51. The first-order valence-electron chi connectivity index (χ1n) is 6.46. The number of rotatable bonds is 7. The second kappa shape index (κ2) is 6.80. The summed E-state index contributed by atoms with van der Waals surface area (Å²) in [5.41, 5.74) is 0. The maximum absolute atomic E-state index is 5.46. The molecule has 0 fully saturated rings. The van der Waals surface area contributed by atoms with Gasteiger partial charge >= 0.3 is 0 Å². The van der Waals surface area contributed by atoms with Gasteiger partial charge < -0.3 is 15.4 Å². The molecule has 8 heteroatoms. The van der Waals surface area contributed by atoms with Crippen molar-refractivity contribution >= 4 is 11.9 Å². The van der Waals surface area contributed by atoms with Crippen LogP contribution in [0.5, 0.6) is 0 Å². The molecule has 0 bridgehead atoms. The molecular formula is C12H19N7O. The van der Waals surface area contributed by atoms with Crippen LogP contribution in [-0.2, 0) is 4.74 Å². The number of nitrogens with one attached hydrogen (secondary N) is 2. The van der Waals surface area contributed by atoms with Crippen molar-refractivity contribution in [2.45, 2.75) is 20.0 Å². The lowest BCUT2D eigenvalue weighted by molar-refractivity contribution is 0.0870. The van der Waals surface area contributed by atoms with E-state index in [2.05, 4.69) is 30.6 Å². The van der Waals surface area contributed by atoms with Crippen LogP contribution in [0.1, 0.15) is 13.8 Å². The lowest BCUT2D eigenvalue weighted by atomic mass is 10.5. The summed E-state index contributed by atoms with van der Waals surface area (Å²) in [5.74, 6) is 1.51. The molecule has 2 N–H and O–H groups in total. The van der Waals surface area contributed by atoms with Crippen molar-refractivity contribution in [2.24, 2.45) is 0 Å². The third-order valence-electron chi connectivity index (χ3n) is 2.42. The standard InChI is InChI=1S/C12H19N7O/c1-9(2)20-7-5-15-11-16-10(13-3)17-12(18-11)19-6-4-14-8-19/h4,6,8-9H,5,7H2,1-3H3,(H2,13,15,16,17,18). The summed E-state index contributed by atoms with van der Waals surface area (Å²) in [4.78, 5) is 16.8. The molecule has 0 unspecified atom stereocenters. The SMILES string of the molecule is CNc1nc(NCCOC(C)C)nc(-n2ccnc2)n1. The largest absolute Gasteiger partial charge is 0.377 e. The van der Waals surface area contributed by atoms with Crippen molar-refractivity contribution in [3.05, 3.63) is 18.7 Å². The monoisotopic (exact) mass is 277 g/mol. The van der Waals surface area contributed by atoms with Crippen molar-refractivity contribution in [3.8, 4) is 5.95 Å². The number of nitrogens with zero attached hydrogens (tertiary/aromatic N) is 5. The number of hydrogen-bond donors (Lipinski definition) is 2. The van der Waals surface area contributed by atoms with E-state index in [4.69, 9.17) is 4.74 Å². The number of ether oxygens (including phenoxy) is 1. The minimum absolute atomic E-state index is 0.213. The quantitative estimate of drug-likeness (QED) is 0.728. The van der Waals surface area contributed by atoms with Gasteiger partial charge in [-0.25, -0.2) is 4.98 Å². The average Bonchev–Trinajstić information content (AvgIpc) is 2.97. The molecule has 108 valence electrons. The lowest BCUT2D eigenvalue weighted by Gasteiger charge is -2.10. The molecule has 0 radical (unpaired) electrons. The second-order valence-corrected chi connectivity index (χ2v) is 4.35. The van der Waals surface area contributed by atoms with Gasteiger partial charge in [-0.2, -0.15) is 15.0 Å². The fraction of sp³-hybridized carbons (Fsp3) is 0.500. The van der Waals surface area contributed by atoms with Gasteiger partial charge in [0.05, 0.1) is 12.7 Å². The van der Waals surface area contributed by atoms with Gasteiger partial charge in [0.1, 0.15) is 6.33 Å². The van der Waals surface area contributed by atoms with E-state index >= 15 is 0 Å². The van der Waals surface area contributed by atoms with Gasteiger partial charge in [-0.15, -0.1) is 0 Å². The zero-order valence-electron chi connectivity index (χ0n) is 11.9. The first kappa shape index (κ1) is 14.2. The van der Waals surface area contributed by atoms with Gasteiger partial charge in [0.2, 0.25) is 17.8 Å². The van der Waals surface area contributed by atoms with E-state index in [1.807, 2.05) is 13.8 Å². The Morgan fingerprint density at radius 1 is 1.25 bits per heavy atom. The number of anilines is 2. The third-order valence-corrected chi connectivity index (χ3v) is 2.42. The van der Waals surface area contributed by atoms with Crippen LogP contribution < -0.4 is 10.6 Å². The third kappa shape index (κ3) is 3.89. The highest BCUT2D eigenvalue weighted by molar-refractivity contribution is 5.37. The molecule has 2 aromatic rings. The fourth-order valence-corrected chi connectivity index (χ4v) is 1.51. The van der Waals surface area contributed by atoms with Crippen LogP contribution in [-0.4, -0.2) is 50.8 Å². The van der Waals surface area contributed by atoms with E-state index in [0.717, 1.165) is 0 Å². The molecule has 0 aliphatic carbocycles. The Hall–Kier alpha value is -2.22. The van der Waals surface area contributed by atoms with Crippen molar-refractivity contribution < 1.29 is 4.74 Å². The minimum Gasteiger partial charge on any atom is -0.377 e. The van der Waals surface area contributed by atoms with Gasteiger partial charge in [-0.1, -0.05) is 0 Å². The number of imidazole rings is 1. The first-order chi connectivity index (χ1) is 9.69. The van der Waals surface area contributed by atoms with E-state index in [1.54, 1.807) is 30.3 Å². The summed E-state index contributed by atoms with van der Waals surface area (Å²) in [7, 11) is 1.76. The Labute approximate surface area is 117 Å². The summed E-state index contributed by atoms with van der Waals surface area (Å²) in [6.07, 6.45) is 5.30. The zero-order valence-corrected chi connectivity index (χ0v) is 11.9. The minimum atomic E-state index is 0.213. The summed E-state index contributed by atoms with van der Waals surface area (Å²) in [6.45, 7) is 5.23. The molecule has 0 saturated carbocycles. The smallest absolute Gasteiger partial charge is 0.241 e. The molecule has 0 aliphatic heterocycles. The highest BCUT2D eigenvalue weighted by Crippen LogP contribution is 2.08.